The van der Waals surface area contributed by atoms with Gasteiger partial charge in [-0.25, -0.2) is 0 Å². The Morgan fingerprint density at radius 1 is 1.30 bits per heavy atom. The fourth-order valence-electron chi connectivity index (χ4n) is 2.66. The summed E-state index contributed by atoms with van der Waals surface area (Å²) in [6.45, 7) is 9.89. The van der Waals surface area contributed by atoms with Crippen LogP contribution >= 0.6 is 0 Å². The van der Waals surface area contributed by atoms with Crippen molar-refractivity contribution < 1.29 is 9.53 Å². The minimum absolute atomic E-state index is 0.108. The van der Waals surface area contributed by atoms with E-state index >= 15 is 0 Å². The van der Waals surface area contributed by atoms with Crippen molar-refractivity contribution in [2.75, 3.05) is 13.1 Å². The van der Waals surface area contributed by atoms with Crippen LogP contribution in [0.5, 0.6) is 5.75 Å². The molecule has 1 saturated heterocycles. The molecule has 0 bridgehead atoms. The van der Waals surface area contributed by atoms with Gasteiger partial charge in [0.05, 0.1) is 0 Å². The molecular formula is C17H25NO2. The van der Waals surface area contributed by atoms with E-state index in [0.29, 0.717) is 0 Å². The van der Waals surface area contributed by atoms with Gasteiger partial charge in [-0.3, -0.25) is 4.79 Å². The summed E-state index contributed by atoms with van der Waals surface area (Å²) in [7, 11) is 0. The van der Waals surface area contributed by atoms with Crippen LogP contribution in [-0.2, 0) is 4.79 Å². The van der Waals surface area contributed by atoms with E-state index in [9.17, 15) is 4.79 Å². The van der Waals surface area contributed by atoms with Crippen LogP contribution in [0.3, 0.4) is 0 Å². The Balaban J connectivity index is 1.97. The molecule has 0 radical (unpaired) electrons. The molecule has 1 fully saturated rings. The molecule has 2 rings (SSSR count). The monoisotopic (exact) mass is 275 g/mol. The summed E-state index contributed by atoms with van der Waals surface area (Å²) in [6.07, 6.45) is 1.79. The molecule has 1 amide bonds. The first-order valence-electron chi connectivity index (χ1n) is 7.50. The summed E-state index contributed by atoms with van der Waals surface area (Å²) in [5.74, 6) is 1.65. The van der Waals surface area contributed by atoms with E-state index in [-0.39, 0.29) is 5.91 Å². The molecule has 1 aliphatic heterocycles. The summed E-state index contributed by atoms with van der Waals surface area (Å²) in [6, 6.07) is 6.05. The van der Waals surface area contributed by atoms with Crippen molar-refractivity contribution in [3.8, 4) is 5.75 Å². The van der Waals surface area contributed by atoms with Gasteiger partial charge in [-0.2, -0.15) is 0 Å². The summed E-state index contributed by atoms with van der Waals surface area (Å²) < 4.78 is 5.85. The number of hydrogen-bond acceptors (Lipinski definition) is 2. The predicted octanol–water partition coefficient (Wildman–Crippen LogP) is 3.33. The number of carbonyl (C=O) groups excluding carboxylic acids is 1. The smallest absolute Gasteiger partial charge is 0.263 e. The largest absolute Gasteiger partial charge is 0.481 e. The van der Waals surface area contributed by atoms with Crippen LogP contribution in [0.15, 0.2) is 18.2 Å². The Morgan fingerprint density at radius 3 is 2.55 bits per heavy atom. The third-order valence-electron chi connectivity index (χ3n) is 4.08. The molecule has 3 heteroatoms. The van der Waals surface area contributed by atoms with E-state index in [1.54, 1.807) is 0 Å². The van der Waals surface area contributed by atoms with Crippen molar-refractivity contribution in [3.05, 3.63) is 29.3 Å². The molecule has 0 spiro atoms. The second-order valence-corrected chi connectivity index (χ2v) is 6.04. The first-order chi connectivity index (χ1) is 9.47. The molecule has 1 heterocycles. The highest BCUT2D eigenvalue weighted by atomic mass is 16.5. The first-order valence-corrected chi connectivity index (χ1v) is 7.50. The van der Waals surface area contributed by atoms with E-state index in [4.69, 9.17) is 4.74 Å². The van der Waals surface area contributed by atoms with Gasteiger partial charge in [0.2, 0.25) is 0 Å². The molecule has 1 aliphatic rings. The fraction of sp³-hybridized carbons (Fsp3) is 0.588. The topological polar surface area (TPSA) is 29.5 Å². The van der Waals surface area contributed by atoms with Gasteiger partial charge in [-0.05, 0) is 51.2 Å². The van der Waals surface area contributed by atoms with Gasteiger partial charge in [-0.1, -0.05) is 24.6 Å². The fourth-order valence-corrected chi connectivity index (χ4v) is 2.66. The van der Waals surface area contributed by atoms with Crippen LogP contribution < -0.4 is 4.74 Å². The number of amides is 1. The minimum Gasteiger partial charge on any atom is -0.481 e. The highest BCUT2D eigenvalue weighted by molar-refractivity contribution is 5.81. The number of piperidine rings is 1. The second-order valence-electron chi connectivity index (χ2n) is 6.04. The normalized spacial score (nSPS) is 17.9. The molecule has 20 heavy (non-hydrogen) atoms. The average Bonchev–Trinajstić information content (AvgIpc) is 2.42. The molecule has 1 aromatic carbocycles. The number of likely N-dealkylation sites (tertiary alicyclic amines) is 1. The van der Waals surface area contributed by atoms with E-state index in [0.717, 1.165) is 43.2 Å². The number of carbonyl (C=O) groups is 1. The maximum absolute atomic E-state index is 12.4. The number of nitrogens with zero attached hydrogens (tertiary/aromatic N) is 1. The van der Waals surface area contributed by atoms with Crippen molar-refractivity contribution in [1.82, 2.24) is 4.90 Å². The molecule has 0 aromatic heterocycles. The summed E-state index contributed by atoms with van der Waals surface area (Å²) in [5, 5.41) is 0. The van der Waals surface area contributed by atoms with Crippen molar-refractivity contribution >= 4 is 5.91 Å². The van der Waals surface area contributed by atoms with Crippen LogP contribution in [0.4, 0.5) is 0 Å². The number of aryl methyl sites for hydroxylation is 2. The highest BCUT2D eigenvalue weighted by Gasteiger charge is 2.25. The summed E-state index contributed by atoms with van der Waals surface area (Å²) >= 11 is 0. The maximum atomic E-state index is 12.4. The molecule has 3 nitrogen and oxygen atoms in total. The second kappa shape index (κ2) is 6.29. The van der Waals surface area contributed by atoms with E-state index < -0.39 is 6.10 Å². The maximum Gasteiger partial charge on any atom is 0.263 e. The SMILES string of the molecule is Cc1ccc(O[C@@H](C)C(=O)N2CCC(C)CC2)c(C)c1. The minimum atomic E-state index is -0.412. The predicted molar refractivity (Wildman–Crippen MR) is 81.0 cm³/mol. The van der Waals surface area contributed by atoms with Gasteiger partial charge in [0, 0.05) is 13.1 Å². The quantitative estimate of drug-likeness (QED) is 0.847. The zero-order valence-electron chi connectivity index (χ0n) is 13.0. The van der Waals surface area contributed by atoms with Crippen LogP contribution in [-0.4, -0.2) is 30.0 Å². The van der Waals surface area contributed by atoms with Crippen molar-refractivity contribution in [2.24, 2.45) is 5.92 Å². The van der Waals surface area contributed by atoms with Crippen LogP contribution in [0.1, 0.15) is 37.8 Å². The third kappa shape index (κ3) is 3.53. The summed E-state index contributed by atoms with van der Waals surface area (Å²) in [4.78, 5) is 14.3. The van der Waals surface area contributed by atoms with Gasteiger partial charge in [0.25, 0.3) is 5.91 Å². The van der Waals surface area contributed by atoms with Crippen LogP contribution in [0, 0.1) is 19.8 Å². The lowest BCUT2D eigenvalue weighted by atomic mass is 9.99. The van der Waals surface area contributed by atoms with Crippen LogP contribution in [0.25, 0.3) is 0 Å². The molecule has 0 aliphatic carbocycles. The Morgan fingerprint density at radius 2 is 1.95 bits per heavy atom. The van der Waals surface area contributed by atoms with Gasteiger partial charge in [0.1, 0.15) is 5.75 Å². The molecular weight excluding hydrogens is 250 g/mol. The van der Waals surface area contributed by atoms with Gasteiger partial charge >= 0.3 is 0 Å². The number of rotatable bonds is 3. The average molecular weight is 275 g/mol. The Kier molecular flexibility index (Phi) is 4.69. The lowest BCUT2D eigenvalue weighted by Gasteiger charge is -2.32. The van der Waals surface area contributed by atoms with Gasteiger partial charge in [0.15, 0.2) is 6.10 Å². The van der Waals surface area contributed by atoms with Crippen molar-refractivity contribution in [1.29, 1.82) is 0 Å². The van der Waals surface area contributed by atoms with Crippen molar-refractivity contribution in [3.63, 3.8) is 0 Å². The number of benzene rings is 1. The lowest BCUT2D eigenvalue weighted by Crippen LogP contribution is -2.44. The lowest BCUT2D eigenvalue weighted by molar-refractivity contribution is -0.139. The molecule has 0 N–H and O–H groups in total. The molecule has 0 saturated carbocycles. The number of ether oxygens (including phenoxy) is 1. The molecule has 110 valence electrons. The Bertz CT molecular complexity index is 476. The van der Waals surface area contributed by atoms with E-state index in [2.05, 4.69) is 19.9 Å². The van der Waals surface area contributed by atoms with Gasteiger partial charge < -0.3 is 9.64 Å². The van der Waals surface area contributed by atoms with E-state index in [1.165, 1.54) is 5.56 Å². The zero-order chi connectivity index (χ0) is 14.7. The molecule has 0 unspecified atom stereocenters. The Hall–Kier alpha value is -1.51. The Labute approximate surface area is 121 Å². The molecule has 1 aromatic rings. The first kappa shape index (κ1) is 14.9. The standard InChI is InChI=1S/C17H25NO2/c1-12-7-9-18(10-8-12)17(19)15(4)20-16-6-5-13(2)11-14(16)3/h5-6,11-12,15H,7-10H2,1-4H3/t15-/m0/s1. The summed E-state index contributed by atoms with van der Waals surface area (Å²) in [5.41, 5.74) is 2.29. The molecule has 1 atom stereocenters. The van der Waals surface area contributed by atoms with Crippen molar-refractivity contribution in [2.45, 2.75) is 46.6 Å². The van der Waals surface area contributed by atoms with Gasteiger partial charge in [-0.15, -0.1) is 0 Å². The zero-order valence-corrected chi connectivity index (χ0v) is 13.0. The number of hydrogen-bond donors (Lipinski definition) is 0. The highest BCUT2D eigenvalue weighted by Crippen LogP contribution is 2.22. The van der Waals surface area contributed by atoms with E-state index in [1.807, 2.05) is 30.9 Å². The third-order valence-corrected chi connectivity index (χ3v) is 4.08. The van der Waals surface area contributed by atoms with Crippen LogP contribution in [0.2, 0.25) is 0 Å².